The molecule has 0 radical (unpaired) electrons. The summed E-state index contributed by atoms with van der Waals surface area (Å²) in [6.07, 6.45) is 1.32. The van der Waals surface area contributed by atoms with Gasteiger partial charge in [0, 0.05) is 5.75 Å². The van der Waals surface area contributed by atoms with Crippen LogP contribution >= 0.6 is 13.6 Å². The van der Waals surface area contributed by atoms with Gasteiger partial charge in [-0.3, -0.25) is 0 Å². The molecular formula is C10H13BrOZn. The zero-order chi connectivity index (χ0) is 10.1. The van der Waals surface area contributed by atoms with Crippen LogP contribution in [0.15, 0.2) is 24.3 Å². The number of hydrogen-bond acceptors (Lipinski definition) is 1. The predicted octanol–water partition coefficient (Wildman–Crippen LogP) is 3.51. The van der Waals surface area contributed by atoms with Gasteiger partial charge in [0.1, 0.15) is 0 Å². The van der Waals surface area contributed by atoms with E-state index in [1.165, 1.54) is 16.3 Å². The first-order valence-corrected chi connectivity index (χ1v) is 11.2. The summed E-state index contributed by atoms with van der Waals surface area (Å²) in [5, 5.41) is 0. The topological polar surface area (TPSA) is 9.23 Å². The van der Waals surface area contributed by atoms with Crippen LogP contribution in [0.25, 0.3) is 0 Å². The number of ether oxygens (including phenoxy) is 1. The molecule has 0 bridgehead atoms. The van der Waals surface area contributed by atoms with Crippen LogP contribution in [0.3, 0.4) is 0 Å². The Balaban J connectivity index is 0.000000671. The molecule has 1 atom stereocenters. The van der Waals surface area contributed by atoms with Gasteiger partial charge < -0.3 is 4.74 Å². The summed E-state index contributed by atoms with van der Waals surface area (Å²) < 4.78 is 5.51. The van der Waals surface area contributed by atoms with E-state index in [2.05, 4.69) is 33.5 Å². The van der Waals surface area contributed by atoms with Gasteiger partial charge in [-0.1, -0.05) is 6.92 Å². The quantitative estimate of drug-likeness (QED) is 0.612. The van der Waals surface area contributed by atoms with Crippen LogP contribution in [0.2, 0.25) is 0 Å². The molecule has 0 heterocycles. The third-order valence-electron chi connectivity index (χ3n) is 1.58. The zero-order valence-electron chi connectivity index (χ0n) is 8.09. The molecule has 3 heteroatoms. The molecule has 0 fully saturated rings. The van der Waals surface area contributed by atoms with E-state index < -0.39 is 0 Å². The molecule has 0 aliphatic heterocycles. The van der Waals surface area contributed by atoms with E-state index in [1.54, 1.807) is 0 Å². The van der Waals surface area contributed by atoms with Crippen molar-refractivity contribution in [3.05, 3.63) is 30.3 Å². The Hall–Kier alpha value is 0.123. The van der Waals surface area contributed by atoms with Crippen molar-refractivity contribution in [2.45, 2.75) is 26.4 Å². The van der Waals surface area contributed by atoms with Gasteiger partial charge in [0.25, 0.3) is 0 Å². The van der Waals surface area contributed by atoms with E-state index in [9.17, 15) is 0 Å². The number of halogens is 1. The molecule has 1 nitrogen and oxygen atoms in total. The first-order valence-electron chi connectivity index (χ1n) is 4.23. The van der Waals surface area contributed by atoms with E-state index in [0.29, 0.717) is 0 Å². The molecular weight excluding hydrogens is 281 g/mol. The molecule has 1 rings (SSSR count). The number of para-hydroxylation sites is 1. The maximum absolute atomic E-state index is 5.51. The molecule has 0 aliphatic rings. The molecule has 0 spiro atoms. The summed E-state index contributed by atoms with van der Waals surface area (Å²) in [7, 11) is 0. The molecule has 68 valence electrons. The molecule has 0 N–H and O–H groups in total. The third kappa shape index (κ3) is 6.23. The van der Waals surface area contributed by atoms with E-state index in [4.69, 9.17) is 4.74 Å². The second-order valence-electron chi connectivity index (χ2n) is 2.56. The standard InChI is InChI=1S/C10H13O.BrH.Zn/c1-3-9(2)11-10-7-5-4-6-8-10;;/h4-7,9H,3H2,1-2H3;1H;/q-1;;+2/p-1. The Bertz CT molecular complexity index is 203. The summed E-state index contributed by atoms with van der Waals surface area (Å²) in [5.74, 6) is 0.835. The average molecular weight is 295 g/mol. The summed E-state index contributed by atoms with van der Waals surface area (Å²) in [6, 6.07) is 10.7. The molecule has 0 aromatic heterocycles. The monoisotopic (exact) mass is 292 g/mol. The van der Waals surface area contributed by atoms with Crippen molar-refractivity contribution in [2.75, 3.05) is 0 Å². The van der Waals surface area contributed by atoms with Gasteiger partial charge in [0.05, 0.1) is 6.10 Å². The van der Waals surface area contributed by atoms with Crippen molar-refractivity contribution in [3.8, 4) is 5.75 Å². The first kappa shape index (κ1) is 13.1. The summed E-state index contributed by atoms with van der Waals surface area (Å²) in [4.78, 5) is 0. The Morgan fingerprint density at radius 3 is 2.69 bits per heavy atom. The number of benzene rings is 1. The van der Waals surface area contributed by atoms with Crippen molar-refractivity contribution < 1.29 is 21.1 Å². The van der Waals surface area contributed by atoms with Crippen molar-refractivity contribution in [1.29, 1.82) is 0 Å². The van der Waals surface area contributed by atoms with Crippen LogP contribution in [0.4, 0.5) is 0 Å². The van der Waals surface area contributed by atoms with Crippen LogP contribution in [-0.4, -0.2) is 6.10 Å². The Labute approximate surface area is 96.9 Å². The van der Waals surface area contributed by atoms with Crippen LogP contribution in [0.5, 0.6) is 5.75 Å². The minimum atomic E-state index is 0.286. The van der Waals surface area contributed by atoms with Crippen molar-refractivity contribution >= 4 is 13.6 Å². The fraction of sp³-hybridized carbons (Fsp3) is 0.400. The summed E-state index contributed by atoms with van der Waals surface area (Å²) in [6.45, 7) is 4.16. The van der Waals surface area contributed by atoms with Crippen LogP contribution < -0.4 is 4.74 Å². The molecule has 1 aromatic carbocycles. The number of hydrogen-bond donors (Lipinski definition) is 0. The zero-order valence-corrected chi connectivity index (χ0v) is 12.6. The normalized spacial score (nSPS) is 11.2. The Kier molecular flexibility index (Phi) is 8.79. The minimum absolute atomic E-state index is 0.286. The number of rotatable bonds is 3. The summed E-state index contributed by atoms with van der Waals surface area (Å²) >= 11 is 4.25. The van der Waals surface area contributed by atoms with E-state index in [-0.39, 0.29) is 6.10 Å². The van der Waals surface area contributed by atoms with Crippen LogP contribution in [0, 0.1) is 6.07 Å². The van der Waals surface area contributed by atoms with Gasteiger partial charge in [-0.15, -0.1) is 12.1 Å². The van der Waals surface area contributed by atoms with Gasteiger partial charge in [0.2, 0.25) is 0 Å². The Morgan fingerprint density at radius 2 is 2.23 bits per heavy atom. The van der Waals surface area contributed by atoms with Gasteiger partial charge in [0.15, 0.2) is 0 Å². The molecule has 0 aliphatic carbocycles. The van der Waals surface area contributed by atoms with Gasteiger partial charge >= 0.3 is 30.0 Å². The Morgan fingerprint density at radius 1 is 1.54 bits per heavy atom. The second-order valence-corrected chi connectivity index (χ2v) is 2.56. The van der Waals surface area contributed by atoms with Crippen LogP contribution in [-0.2, 0) is 16.3 Å². The second kappa shape index (κ2) is 8.71. The molecule has 1 unspecified atom stereocenters. The van der Waals surface area contributed by atoms with Crippen molar-refractivity contribution in [2.24, 2.45) is 0 Å². The fourth-order valence-electron chi connectivity index (χ4n) is 0.750. The summed E-state index contributed by atoms with van der Waals surface area (Å²) in [5.41, 5.74) is 0. The van der Waals surface area contributed by atoms with Crippen molar-refractivity contribution in [3.63, 3.8) is 0 Å². The molecule has 0 saturated heterocycles. The van der Waals surface area contributed by atoms with E-state index in [1.807, 2.05) is 24.3 Å². The van der Waals surface area contributed by atoms with Gasteiger partial charge in [-0.2, -0.15) is 18.2 Å². The maximum atomic E-state index is 5.51. The van der Waals surface area contributed by atoms with Gasteiger partial charge in [-0.25, -0.2) is 0 Å². The molecule has 1 aromatic rings. The van der Waals surface area contributed by atoms with E-state index >= 15 is 0 Å². The van der Waals surface area contributed by atoms with E-state index in [0.717, 1.165) is 12.2 Å². The first-order chi connectivity index (χ1) is 6.33. The van der Waals surface area contributed by atoms with Crippen LogP contribution in [0.1, 0.15) is 20.3 Å². The average Bonchev–Trinajstić information content (AvgIpc) is 2.22. The fourth-order valence-corrected chi connectivity index (χ4v) is 0.750. The predicted molar refractivity (Wildman–Crippen MR) is 54.6 cm³/mol. The van der Waals surface area contributed by atoms with Crippen molar-refractivity contribution in [1.82, 2.24) is 0 Å². The SMILES string of the molecule is CCC(C)Oc1[c-]cccc1.[Zn+][Br]. The molecule has 13 heavy (non-hydrogen) atoms. The third-order valence-corrected chi connectivity index (χ3v) is 1.58. The van der Waals surface area contributed by atoms with Gasteiger partial charge in [-0.05, 0) is 13.3 Å². The molecule has 0 saturated carbocycles. The molecule has 0 amide bonds.